The molecule has 0 atom stereocenters. The zero-order valence-electron chi connectivity index (χ0n) is 7.06. The molecule has 0 spiro atoms. The van der Waals surface area contributed by atoms with Crippen LogP contribution in [0.4, 0.5) is 0 Å². The Balaban J connectivity index is 2.82. The van der Waals surface area contributed by atoms with Crippen molar-refractivity contribution in [3.8, 4) is 11.5 Å². The van der Waals surface area contributed by atoms with Gasteiger partial charge in [-0.15, -0.1) is 5.10 Å². The van der Waals surface area contributed by atoms with E-state index in [1.165, 1.54) is 11.9 Å². The molecule has 5 nitrogen and oxygen atoms in total. The number of methoxy groups -OCH3 is 1. The molecule has 68 valence electrons. The van der Waals surface area contributed by atoms with E-state index in [1.54, 1.807) is 18.3 Å². The number of fused-ring (bicyclic) bond motifs is 1. The van der Waals surface area contributed by atoms with Gasteiger partial charge in [0.25, 0.3) is 0 Å². The maximum absolute atomic E-state index is 9.40. The Bertz CT molecular complexity index is 450. The summed E-state index contributed by atoms with van der Waals surface area (Å²) in [5.41, 5.74) is 0.560. The Hall–Kier alpha value is -1.91. The van der Waals surface area contributed by atoms with Gasteiger partial charge in [0, 0.05) is 5.39 Å². The fourth-order valence-corrected chi connectivity index (χ4v) is 1.27. The summed E-state index contributed by atoms with van der Waals surface area (Å²) >= 11 is 0. The smallest absolute Gasteiger partial charge is 0.188 e. The first-order chi connectivity index (χ1) is 6.22. The number of hydrogen-bond acceptors (Lipinski definition) is 4. The van der Waals surface area contributed by atoms with Crippen LogP contribution in [0.25, 0.3) is 10.9 Å². The summed E-state index contributed by atoms with van der Waals surface area (Å²) in [5.74, 6) is 5.85. The van der Waals surface area contributed by atoms with E-state index >= 15 is 0 Å². The van der Waals surface area contributed by atoms with E-state index < -0.39 is 0 Å². The van der Waals surface area contributed by atoms with Crippen molar-refractivity contribution in [2.24, 2.45) is 0 Å². The molecule has 1 heterocycles. The van der Waals surface area contributed by atoms with Gasteiger partial charge in [-0.05, 0) is 12.1 Å². The molecule has 0 unspecified atom stereocenters. The topological polar surface area (TPSA) is 73.3 Å². The average molecular weight is 179 g/mol. The van der Waals surface area contributed by atoms with Crippen molar-refractivity contribution >= 4 is 10.9 Å². The zero-order valence-corrected chi connectivity index (χ0v) is 7.06. The number of rotatable bonds is 1. The molecule has 0 amide bonds. The highest BCUT2D eigenvalue weighted by atomic mass is 16.5. The Morgan fingerprint density at radius 1 is 1.54 bits per heavy atom. The summed E-state index contributed by atoms with van der Waals surface area (Å²) in [6.45, 7) is 0. The van der Waals surface area contributed by atoms with Gasteiger partial charge in [-0.2, -0.15) is 4.79 Å². The van der Waals surface area contributed by atoms with Gasteiger partial charge in [0.05, 0.1) is 13.3 Å². The van der Waals surface area contributed by atoms with Gasteiger partial charge in [-0.1, -0.05) is 0 Å². The van der Waals surface area contributed by atoms with Crippen LogP contribution in [-0.2, 0) is 0 Å². The third kappa shape index (κ3) is 1.05. The molecule has 0 saturated heterocycles. The number of hydrogen-bond donors (Lipinski definition) is 2. The first kappa shape index (κ1) is 7.72. The van der Waals surface area contributed by atoms with Gasteiger partial charge < -0.3 is 15.7 Å². The van der Waals surface area contributed by atoms with Gasteiger partial charge in [-0.25, -0.2) is 0 Å². The minimum absolute atomic E-state index is 0.0636. The number of nitrogen functional groups attached to an aromatic ring is 1. The van der Waals surface area contributed by atoms with Crippen molar-refractivity contribution in [1.82, 2.24) is 9.89 Å². The molecule has 5 heteroatoms. The van der Waals surface area contributed by atoms with E-state index in [9.17, 15) is 5.11 Å². The van der Waals surface area contributed by atoms with Gasteiger partial charge in [0.1, 0.15) is 5.52 Å². The highest BCUT2D eigenvalue weighted by molar-refractivity contribution is 5.86. The van der Waals surface area contributed by atoms with Crippen molar-refractivity contribution in [2.45, 2.75) is 0 Å². The standard InChI is InChI=1S/C8H9N3O2/c1-13-8-6(12)3-2-5-4-11(9)10-7(5)8/h2-4,12H,9H2,1H3. The zero-order chi connectivity index (χ0) is 9.42. The third-order valence-corrected chi connectivity index (χ3v) is 1.83. The maximum Gasteiger partial charge on any atom is 0.188 e. The predicted octanol–water partition coefficient (Wildman–Crippen LogP) is 0.464. The molecule has 0 aliphatic carbocycles. The number of nitrogens with zero attached hydrogens (tertiary/aromatic N) is 2. The first-order valence-corrected chi connectivity index (χ1v) is 3.73. The second-order valence-corrected chi connectivity index (χ2v) is 2.66. The number of aromatic nitrogens is 2. The lowest BCUT2D eigenvalue weighted by Crippen LogP contribution is -2.07. The number of nitrogens with two attached hydrogens (primary N) is 1. The molecule has 0 radical (unpaired) electrons. The predicted molar refractivity (Wildman–Crippen MR) is 48.1 cm³/mol. The van der Waals surface area contributed by atoms with Crippen molar-refractivity contribution in [3.63, 3.8) is 0 Å². The summed E-state index contributed by atoms with van der Waals surface area (Å²) in [6.07, 6.45) is 1.65. The minimum atomic E-state index is 0.0636. The van der Waals surface area contributed by atoms with E-state index in [2.05, 4.69) is 5.10 Å². The van der Waals surface area contributed by atoms with Crippen molar-refractivity contribution in [1.29, 1.82) is 0 Å². The van der Waals surface area contributed by atoms with Crippen LogP contribution in [0, 0.1) is 0 Å². The molecule has 0 bridgehead atoms. The monoisotopic (exact) mass is 179 g/mol. The van der Waals surface area contributed by atoms with Crippen LogP contribution in [0.5, 0.6) is 11.5 Å². The molecule has 0 aliphatic rings. The molecule has 2 aromatic rings. The maximum atomic E-state index is 9.40. The molecule has 1 aromatic heterocycles. The van der Waals surface area contributed by atoms with Crippen LogP contribution >= 0.6 is 0 Å². The van der Waals surface area contributed by atoms with Gasteiger partial charge in [-0.3, -0.25) is 0 Å². The second kappa shape index (κ2) is 2.55. The molecule has 3 N–H and O–H groups in total. The Morgan fingerprint density at radius 3 is 3.00 bits per heavy atom. The fraction of sp³-hybridized carbons (Fsp3) is 0.125. The normalized spacial score (nSPS) is 10.5. The van der Waals surface area contributed by atoms with Crippen LogP contribution in [0.1, 0.15) is 0 Å². The van der Waals surface area contributed by atoms with Crippen molar-refractivity contribution in [3.05, 3.63) is 18.3 Å². The minimum Gasteiger partial charge on any atom is -0.504 e. The van der Waals surface area contributed by atoms with Crippen LogP contribution in [0.3, 0.4) is 0 Å². The average Bonchev–Trinajstić information content (AvgIpc) is 2.45. The first-order valence-electron chi connectivity index (χ1n) is 3.73. The van der Waals surface area contributed by atoms with Crippen LogP contribution in [0.2, 0.25) is 0 Å². The van der Waals surface area contributed by atoms with Crippen molar-refractivity contribution < 1.29 is 9.84 Å². The van der Waals surface area contributed by atoms with Crippen molar-refractivity contribution in [2.75, 3.05) is 13.0 Å². The molecule has 2 rings (SSSR count). The number of phenols is 1. The lowest BCUT2D eigenvalue weighted by molar-refractivity contribution is 0.377. The van der Waals surface area contributed by atoms with Gasteiger partial charge in [0.2, 0.25) is 0 Å². The molecule has 0 fully saturated rings. The lowest BCUT2D eigenvalue weighted by Gasteiger charge is -2.01. The lowest BCUT2D eigenvalue weighted by atomic mass is 10.2. The molecular weight excluding hydrogens is 170 g/mol. The summed E-state index contributed by atoms with van der Waals surface area (Å²) in [6, 6.07) is 3.27. The third-order valence-electron chi connectivity index (χ3n) is 1.83. The summed E-state index contributed by atoms with van der Waals surface area (Å²) in [4.78, 5) is 1.19. The summed E-state index contributed by atoms with van der Waals surface area (Å²) in [7, 11) is 1.48. The Kier molecular flexibility index (Phi) is 1.51. The Labute approximate surface area is 74.3 Å². The fourth-order valence-electron chi connectivity index (χ4n) is 1.27. The SMILES string of the molecule is COc1c(O)ccc2cn(N)nc12. The van der Waals surface area contributed by atoms with Gasteiger partial charge >= 0.3 is 0 Å². The highest BCUT2D eigenvalue weighted by Crippen LogP contribution is 2.32. The molecule has 0 aliphatic heterocycles. The number of phenolic OH excluding ortho intramolecular Hbond substituents is 1. The molecule has 1 aromatic carbocycles. The number of benzene rings is 1. The van der Waals surface area contributed by atoms with Crippen LogP contribution in [0.15, 0.2) is 18.3 Å². The van der Waals surface area contributed by atoms with E-state index in [1.807, 2.05) is 0 Å². The van der Waals surface area contributed by atoms with Crippen LogP contribution in [-0.4, -0.2) is 22.1 Å². The molecule has 0 saturated carbocycles. The largest absolute Gasteiger partial charge is 0.504 e. The molecular formula is C8H9N3O2. The second-order valence-electron chi connectivity index (χ2n) is 2.66. The molecule has 13 heavy (non-hydrogen) atoms. The summed E-state index contributed by atoms with van der Waals surface area (Å²) in [5, 5.41) is 14.2. The van der Waals surface area contributed by atoms with Gasteiger partial charge in [0.15, 0.2) is 11.5 Å². The number of ether oxygens (including phenoxy) is 1. The summed E-state index contributed by atoms with van der Waals surface area (Å²) < 4.78 is 4.99. The van der Waals surface area contributed by atoms with E-state index in [4.69, 9.17) is 10.6 Å². The van der Waals surface area contributed by atoms with Crippen LogP contribution < -0.4 is 10.6 Å². The van der Waals surface area contributed by atoms with E-state index in [0.29, 0.717) is 11.3 Å². The number of aromatic hydroxyl groups is 1. The quantitative estimate of drug-likeness (QED) is 0.624. The highest BCUT2D eigenvalue weighted by Gasteiger charge is 2.09. The Morgan fingerprint density at radius 2 is 2.31 bits per heavy atom. The van der Waals surface area contributed by atoms with E-state index in [-0.39, 0.29) is 5.75 Å². The van der Waals surface area contributed by atoms with E-state index in [0.717, 1.165) is 5.39 Å².